The second-order valence-electron chi connectivity index (χ2n) is 7.30. The van der Waals surface area contributed by atoms with Crippen LogP contribution in [0.25, 0.3) is 11.0 Å². The van der Waals surface area contributed by atoms with Crippen LogP contribution < -0.4 is 4.90 Å². The summed E-state index contributed by atoms with van der Waals surface area (Å²) in [6, 6.07) is 12.7. The maximum absolute atomic E-state index is 14.9. The fraction of sp³-hybridized carbons (Fsp3) is 0.348. The number of aromatic nitrogens is 2. The summed E-state index contributed by atoms with van der Waals surface area (Å²) in [4.78, 5) is 32.7. The van der Waals surface area contributed by atoms with Gasteiger partial charge in [0.1, 0.15) is 5.82 Å². The Bertz CT molecular complexity index is 1110. The van der Waals surface area contributed by atoms with Gasteiger partial charge in [-0.15, -0.1) is 0 Å². The average molecular weight is 425 g/mol. The minimum absolute atomic E-state index is 0.119. The normalized spacial score (nSPS) is 18.3. The molecule has 7 nitrogen and oxygen atoms in total. The highest BCUT2D eigenvalue weighted by molar-refractivity contribution is 6.08. The zero-order valence-electron chi connectivity index (χ0n) is 17.5. The van der Waals surface area contributed by atoms with Crippen molar-refractivity contribution in [2.45, 2.75) is 19.4 Å². The summed E-state index contributed by atoms with van der Waals surface area (Å²) in [6.45, 7) is 2.56. The Labute approximate surface area is 179 Å². The molecule has 4 rings (SSSR count). The second kappa shape index (κ2) is 8.85. The van der Waals surface area contributed by atoms with E-state index in [-0.39, 0.29) is 12.2 Å². The van der Waals surface area contributed by atoms with Gasteiger partial charge in [0.15, 0.2) is 5.92 Å². The maximum atomic E-state index is 14.9. The molecule has 0 saturated carbocycles. The van der Waals surface area contributed by atoms with Crippen LogP contribution in [-0.4, -0.2) is 48.3 Å². The van der Waals surface area contributed by atoms with Crippen molar-refractivity contribution in [2.75, 3.05) is 31.8 Å². The number of para-hydroxylation sites is 2. The van der Waals surface area contributed by atoms with Gasteiger partial charge in [-0.25, -0.2) is 9.37 Å². The van der Waals surface area contributed by atoms with Crippen LogP contribution in [0.2, 0.25) is 0 Å². The van der Waals surface area contributed by atoms with Gasteiger partial charge in [0.2, 0.25) is 11.9 Å². The zero-order valence-corrected chi connectivity index (χ0v) is 17.5. The van der Waals surface area contributed by atoms with Crippen LogP contribution in [0.15, 0.2) is 48.5 Å². The van der Waals surface area contributed by atoms with Gasteiger partial charge in [0.05, 0.1) is 23.7 Å². The van der Waals surface area contributed by atoms with Gasteiger partial charge in [0.25, 0.3) is 0 Å². The van der Waals surface area contributed by atoms with E-state index in [1.807, 2.05) is 24.3 Å². The standard InChI is InChI=1S/C23H24FN3O4/c1-3-31-22(29)19-20(15-9-4-5-10-16(15)24)27-18-12-7-6-11-17(18)25-23(27)26(21(19)28)13-8-14-30-2/h4-7,9-12,19-20H,3,8,13-14H2,1-2H3/t19-,20+/m1/s1. The SMILES string of the molecule is CCOC(=O)[C@H]1C(=O)N(CCCOC)c2nc3ccccc3n2[C@H]1c1ccccc1F. The number of hydrogen-bond acceptors (Lipinski definition) is 5. The molecular weight excluding hydrogens is 401 g/mol. The van der Waals surface area contributed by atoms with E-state index in [0.717, 1.165) is 0 Å². The molecular formula is C23H24FN3O4. The van der Waals surface area contributed by atoms with Crippen LogP contribution in [-0.2, 0) is 19.1 Å². The first-order valence-corrected chi connectivity index (χ1v) is 10.3. The quantitative estimate of drug-likeness (QED) is 0.330. The number of esters is 1. The van der Waals surface area contributed by atoms with Crippen molar-refractivity contribution in [1.29, 1.82) is 0 Å². The molecule has 1 aliphatic heterocycles. The third kappa shape index (κ3) is 3.67. The van der Waals surface area contributed by atoms with Crippen molar-refractivity contribution in [1.82, 2.24) is 9.55 Å². The smallest absolute Gasteiger partial charge is 0.321 e. The summed E-state index contributed by atoms with van der Waals surface area (Å²) in [5.41, 5.74) is 1.62. The first-order valence-electron chi connectivity index (χ1n) is 10.3. The summed E-state index contributed by atoms with van der Waals surface area (Å²) >= 11 is 0. The number of anilines is 1. The number of imidazole rings is 1. The lowest BCUT2D eigenvalue weighted by Crippen LogP contribution is -2.50. The minimum atomic E-state index is -1.23. The summed E-state index contributed by atoms with van der Waals surface area (Å²) in [7, 11) is 1.59. The molecule has 1 aromatic heterocycles. The lowest BCUT2D eigenvalue weighted by molar-refractivity contribution is -0.153. The van der Waals surface area contributed by atoms with Crippen LogP contribution >= 0.6 is 0 Å². The molecule has 3 aromatic rings. The van der Waals surface area contributed by atoms with E-state index in [4.69, 9.17) is 9.47 Å². The Morgan fingerprint density at radius 3 is 2.65 bits per heavy atom. The first kappa shape index (κ1) is 21.0. The molecule has 162 valence electrons. The minimum Gasteiger partial charge on any atom is -0.465 e. The van der Waals surface area contributed by atoms with Gasteiger partial charge < -0.3 is 14.0 Å². The summed E-state index contributed by atoms with van der Waals surface area (Å²) in [6.07, 6.45) is 0.561. The fourth-order valence-electron chi connectivity index (χ4n) is 4.12. The molecule has 31 heavy (non-hydrogen) atoms. The van der Waals surface area contributed by atoms with Crippen molar-refractivity contribution in [3.8, 4) is 0 Å². The highest BCUT2D eigenvalue weighted by Gasteiger charge is 2.48. The number of halogens is 1. The molecule has 1 amide bonds. The van der Waals surface area contributed by atoms with Crippen LogP contribution in [0.5, 0.6) is 0 Å². The Balaban J connectivity index is 1.96. The highest BCUT2D eigenvalue weighted by atomic mass is 19.1. The Hall–Kier alpha value is -3.26. The molecule has 2 aromatic carbocycles. The van der Waals surface area contributed by atoms with E-state index in [1.54, 1.807) is 36.8 Å². The third-order valence-corrected chi connectivity index (χ3v) is 5.44. The molecule has 1 aliphatic rings. The third-order valence-electron chi connectivity index (χ3n) is 5.44. The van der Waals surface area contributed by atoms with Gasteiger partial charge in [-0.3, -0.25) is 14.5 Å². The second-order valence-corrected chi connectivity index (χ2v) is 7.30. The van der Waals surface area contributed by atoms with E-state index < -0.39 is 29.7 Å². The molecule has 0 aliphatic carbocycles. The fourth-order valence-corrected chi connectivity index (χ4v) is 4.12. The number of carbonyl (C=O) groups excluding carboxylic acids is 2. The summed E-state index contributed by atoms with van der Waals surface area (Å²) in [5, 5.41) is 0. The molecule has 2 heterocycles. The lowest BCUT2D eigenvalue weighted by atomic mass is 9.89. The predicted octanol–water partition coefficient (Wildman–Crippen LogP) is 3.33. The molecule has 8 heteroatoms. The Morgan fingerprint density at radius 2 is 1.90 bits per heavy atom. The number of fused-ring (bicyclic) bond motifs is 3. The Kier molecular flexibility index (Phi) is 5.99. The molecule has 0 radical (unpaired) electrons. The van der Waals surface area contributed by atoms with Gasteiger partial charge in [-0.1, -0.05) is 30.3 Å². The van der Waals surface area contributed by atoms with Gasteiger partial charge in [-0.2, -0.15) is 0 Å². The average Bonchev–Trinajstić information content (AvgIpc) is 3.14. The molecule has 2 atom stereocenters. The topological polar surface area (TPSA) is 73.7 Å². The van der Waals surface area contributed by atoms with Crippen molar-refractivity contribution in [3.63, 3.8) is 0 Å². The largest absolute Gasteiger partial charge is 0.465 e. The van der Waals surface area contributed by atoms with E-state index in [0.29, 0.717) is 36.6 Å². The number of rotatable bonds is 7. The van der Waals surface area contributed by atoms with Crippen molar-refractivity contribution in [3.05, 3.63) is 59.9 Å². The van der Waals surface area contributed by atoms with Crippen LogP contribution in [0.1, 0.15) is 24.9 Å². The number of carbonyl (C=O) groups is 2. The highest BCUT2D eigenvalue weighted by Crippen LogP contribution is 2.41. The van der Waals surface area contributed by atoms with E-state index in [9.17, 15) is 14.0 Å². The number of hydrogen-bond donors (Lipinski definition) is 0. The molecule has 0 bridgehead atoms. The van der Waals surface area contributed by atoms with Crippen LogP contribution in [0, 0.1) is 11.7 Å². The van der Waals surface area contributed by atoms with Gasteiger partial charge >= 0.3 is 5.97 Å². The van der Waals surface area contributed by atoms with Crippen LogP contribution in [0.3, 0.4) is 0 Å². The molecule has 0 saturated heterocycles. The van der Waals surface area contributed by atoms with E-state index >= 15 is 0 Å². The number of ether oxygens (including phenoxy) is 2. The van der Waals surface area contributed by atoms with Crippen molar-refractivity contribution in [2.24, 2.45) is 5.92 Å². The van der Waals surface area contributed by atoms with Crippen molar-refractivity contribution < 1.29 is 23.5 Å². The lowest BCUT2D eigenvalue weighted by Gasteiger charge is -2.38. The number of amides is 1. The molecule has 0 unspecified atom stereocenters. The molecule has 0 spiro atoms. The molecule has 0 fully saturated rings. The molecule has 0 N–H and O–H groups in total. The van der Waals surface area contributed by atoms with Crippen LogP contribution in [0.4, 0.5) is 10.3 Å². The number of nitrogens with zero attached hydrogens (tertiary/aromatic N) is 3. The summed E-state index contributed by atoms with van der Waals surface area (Å²) in [5.74, 6) is -2.47. The first-order chi connectivity index (χ1) is 15.1. The Morgan fingerprint density at radius 1 is 1.16 bits per heavy atom. The van der Waals surface area contributed by atoms with E-state index in [1.165, 1.54) is 11.0 Å². The van der Waals surface area contributed by atoms with E-state index in [2.05, 4.69) is 4.98 Å². The number of methoxy groups -OCH3 is 1. The van der Waals surface area contributed by atoms with Gasteiger partial charge in [0, 0.05) is 25.8 Å². The summed E-state index contributed by atoms with van der Waals surface area (Å²) < 4.78 is 27.1. The number of benzene rings is 2. The van der Waals surface area contributed by atoms with Gasteiger partial charge in [-0.05, 0) is 31.5 Å². The maximum Gasteiger partial charge on any atom is 0.321 e. The zero-order chi connectivity index (χ0) is 22.0. The van der Waals surface area contributed by atoms with Crippen molar-refractivity contribution >= 4 is 28.9 Å². The monoisotopic (exact) mass is 425 g/mol. The predicted molar refractivity (Wildman–Crippen MR) is 113 cm³/mol.